The molecule has 0 aliphatic carbocycles. The molecule has 0 aromatic carbocycles. The van der Waals surface area contributed by atoms with Crippen LogP contribution in [0.1, 0.15) is 26.2 Å². The number of piperidine rings is 1. The van der Waals surface area contributed by atoms with Gasteiger partial charge >= 0.3 is 0 Å². The Hall–Kier alpha value is -0.610. The summed E-state index contributed by atoms with van der Waals surface area (Å²) in [4.78, 5) is 14.3. The lowest BCUT2D eigenvalue weighted by molar-refractivity contribution is -0.137. The second-order valence-electron chi connectivity index (χ2n) is 5.14. The highest BCUT2D eigenvalue weighted by Crippen LogP contribution is 2.20. The largest absolute Gasteiger partial charge is 0.381 e. The molecule has 1 amide bonds. The smallest absolute Gasteiger partial charge is 0.227 e. The molecule has 2 heterocycles. The van der Waals surface area contributed by atoms with Gasteiger partial charge in [-0.25, -0.2) is 0 Å². The quantitative estimate of drug-likeness (QED) is 0.793. The average molecular weight is 240 g/mol. The van der Waals surface area contributed by atoms with Crippen molar-refractivity contribution in [3.05, 3.63) is 0 Å². The number of nitrogens with zero attached hydrogens (tertiary/aromatic N) is 1. The molecule has 0 radical (unpaired) electrons. The summed E-state index contributed by atoms with van der Waals surface area (Å²) < 4.78 is 5.48. The minimum atomic E-state index is 0.223. The maximum Gasteiger partial charge on any atom is 0.227 e. The highest BCUT2D eigenvalue weighted by atomic mass is 16.5. The molecule has 2 aliphatic rings. The van der Waals surface area contributed by atoms with E-state index in [0.717, 1.165) is 52.2 Å². The summed E-state index contributed by atoms with van der Waals surface area (Å²) in [5.74, 6) is 1.12. The van der Waals surface area contributed by atoms with E-state index >= 15 is 0 Å². The number of hydrogen-bond donors (Lipinski definition) is 1. The summed E-state index contributed by atoms with van der Waals surface area (Å²) in [6.45, 7) is 7.31. The van der Waals surface area contributed by atoms with Crippen LogP contribution in [0.4, 0.5) is 0 Å². The topological polar surface area (TPSA) is 41.6 Å². The summed E-state index contributed by atoms with van der Waals surface area (Å²) in [6, 6.07) is 0. The molecule has 0 unspecified atom stereocenters. The third kappa shape index (κ3) is 3.42. The van der Waals surface area contributed by atoms with E-state index in [9.17, 15) is 4.79 Å². The summed E-state index contributed by atoms with van der Waals surface area (Å²) in [5, 5.41) is 3.27. The lowest BCUT2D eigenvalue weighted by atomic mass is 9.97. The molecular formula is C13H24N2O2. The first-order valence-corrected chi connectivity index (χ1v) is 6.88. The molecule has 0 spiro atoms. The maximum absolute atomic E-state index is 12.3. The second-order valence-corrected chi connectivity index (χ2v) is 5.14. The van der Waals surface area contributed by atoms with Crippen molar-refractivity contribution in [2.45, 2.75) is 26.2 Å². The highest BCUT2D eigenvalue weighted by Gasteiger charge is 2.30. The fraction of sp³-hybridized carbons (Fsp3) is 0.923. The molecule has 0 saturated carbocycles. The van der Waals surface area contributed by atoms with Crippen molar-refractivity contribution in [3.8, 4) is 0 Å². The predicted octanol–water partition coefficient (Wildman–Crippen LogP) is 0.871. The van der Waals surface area contributed by atoms with Gasteiger partial charge in [0.1, 0.15) is 0 Å². The first kappa shape index (κ1) is 12.8. The molecule has 2 saturated heterocycles. The number of nitrogens with one attached hydrogen (secondary N) is 1. The van der Waals surface area contributed by atoms with Gasteiger partial charge in [-0.2, -0.15) is 0 Å². The number of carbonyl (C=O) groups excluding carboxylic acids is 1. The third-order valence-corrected chi connectivity index (χ3v) is 3.80. The molecule has 0 bridgehead atoms. The fourth-order valence-corrected chi connectivity index (χ4v) is 2.81. The van der Waals surface area contributed by atoms with E-state index in [4.69, 9.17) is 4.74 Å². The highest BCUT2D eigenvalue weighted by molar-refractivity contribution is 5.79. The average Bonchev–Trinajstić information content (AvgIpc) is 2.89. The standard InChI is InChI=1S/C13H24N2O2/c1-2-17-10-11-4-3-7-15(9-11)13(16)12-5-6-14-8-12/h11-12,14H,2-10H2,1H3/t11-,12+/m1/s1. The third-order valence-electron chi connectivity index (χ3n) is 3.80. The van der Waals surface area contributed by atoms with E-state index in [-0.39, 0.29) is 5.92 Å². The van der Waals surface area contributed by atoms with Crippen LogP contribution in [0.5, 0.6) is 0 Å². The summed E-state index contributed by atoms with van der Waals surface area (Å²) in [5.41, 5.74) is 0. The first-order chi connectivity index (χ1) is 8.31. The van der Waals surface area contributed by atoms with Crippen molar-refractivity contribution in [2.75, 3.05) is 39.4 Å². The van der Waals surface area contributed by atoms with Crippen LogP contribution in [0.2, 0.25) is 0 Å². The monoisotopic (exact) mass is 240 g/mol. The summed E-state index contributed by atoms with van der Waals surface area (Å²) in [6.07, 6.45) is 3.34. The number of hydrogen-bond acceptors (Lipinski definition) is 3. The van der Waals surface area contributed by atoms with Crippen LogP contribution in [0.3, 0.4) is 0 Å². The fourth-order valence-electron chi connectivity index (χ4n) is 2.81. The van der Waals surface area contributed by atoms with E-state index in [2.05, 4.69) is 10.2 Å². The van der Waals surface area contributed by atoms with Gasteiger partial charge in [0.15, 0.2) is 0 Å². The predicted molar refractivity (Wildman–Crippen MR) is 66.8 cm³/mol. The maximum atomic E-state index is 12.3. The van der Waals surface area contributed by atoms with Gasteiger partial charge in [0, 0.05) is 26.2 Å². The van der Waals surface area contributed by atoms with Gasteiger partial charge in [0.05, 0.1) is 12.5 Å². The summed E-state index contributed by atoms with van der Waals surface area (Å²) in [7, 11) is 0. The number of ether oxygens (including phenoxy) is 1. The Morgan fingerprint density at radius 3 is 3.06 bits per heavy atom. The van der Waals surface area contributed by atoms with Crippen LogP contribution in [0.25, 0.3) is 0 Å². The van der Waals surface area contributed by atoms with E-state index < -0.39 is 0 Å². The second kappa shape index (κ2) is 6.36. The van der Waals surface area contributed by atoms with Gasteiger partial charge in [0.25, 0.3) is 0 Å². The van der Waals surface area contributed by atoms with Gasteiger partial charge in [-0.05, 0) is 38.6 Å². The van der Waals surface area contributed by atoms with Gasteiger partial charge in [0.2, 0.25) is 5.91 Å². The van der Waals surface area contributed by atoms with Crippen molar-refractivity contribution in [1.82, 2.24) is 10.2 Å². The van der Waals surface area contributed by atoms with E-state index in [0.29, 0.717) is 11.8 Å². The Kier molecular flexibility index (Phi) is 4.80. The molecular weight excluding hydrogens is 216 g/mol. The molecule has 98 valence electrons. The van der Waals surface area contributed by atoms with Crippen LogP contribution in [-0.2, 0) is 9.53 Å². The van der Waals surface area contributed by atoms with Crippen LogP contribution in [-0.4, -0.2) is 50.2 Å². The minimum absolute atomic E-state index is 0.223. The molecule has 2 fully saturated rings. The van der Waals surface area contributed by atoms with Crippen molar-refractivity contribution < 1.29 is 9.53 Å². The zero-order chi connectivity index (χ0) is 12.1. The Labute approximate surface area is 104 Å². The van der Waals surface area contributed by atoms with Crippen LogP contribution >= 0.6 is 0 Å². The van der Waals surface area contributed by atoms with Crippen LogP contribution < -0.4 is 5.32 Å². The zero-order valence-corrected chi connectivity index (χ0v) is 10.8. The molecule has 1 N–H and O–H groups in total. The molecule has 4 nitrogen and oxygen atoms in total. The molecule has 4 heteroatoms. The number of amides is 1. The lowest BCUT2D eigenvalue weighted by Gasteiger charge is -2.34. The van der Waals surface area contributed by atoms with Gasteiger partial charge in [-0.3, -0.25) is 4.79 Å². The Bertz CT molecular complexity index is 252. The first-order valence-electron chi connectivity index (χ1n) is 6.88. The molecule has 0 aromatic heterocycles. The molecule has 2 atom stereocenters. The van der Waals surface area contributed by atoms with Crippen molar-refractivity contribution in [2.24, 2.45) is 11.8 Å². The van der Waals surface area contributed by atoms with E-state index in [1.807, 2.05) is 6.92 Å². The molecule has 2 rings (SSSR count). The van der Waals surface area contributed by atoms with Crippen molar-refractivity contribution >= 4 is 5.91 Å². The molecule has 2 aliphatic heterocycles. The molecule has 0 aromatic rings. The van der Waals surface area contributed by atoms with E-state index in [1.54, 1.807) is 0 Å². The van der Waals surface area contributed by atoms with Gasteiger partial charge in [-0.1, -0.05) is 0 Å². The minimum Gasteiger partial charge on any atom is -0.381 e. The SMILES string of the molecule is CCOC[C@@H]1CCCN(C(=O)[C@H]2CCNC2)C1. The van der Waals surface area contributed by atoms with Gasteiger partial charge in [-0.15, -0.1) is 0 Å². The Balaban J connectivity index is 1.81. The van der Waals surface area contributed by atoms with Crippen LogP contribution in [0.15, 0.2) is 0 Å². The zero-order valence-electron chi connectivity index (χ0n) is 10.8. The normalized spacial score (nSPS) is 29.6. The Morgan fingerprint density at radius 2 is 2.35 bits per heavy atom. The number of likely N-dealkylation sites (tertiary alicyclic amines) is 1. The molecule has 17 heavy (non-hydrogen) atoms. The Morgan fingerprint density at radius 1 is 1.47 bits per heavy atom. The number of rotatable bonds is 4. The van der Waals surface area contributed by atoms with E-state index in [1.165, 1.54) is 6.42 Å². The van der Waals surface area contributed by atoms with Crippen LogP contribution in [0, 0.1) is 11.8 Å². The number of carbonyl (C=O) groups is 1. The van der Waals surface area contributed by atoms with Gasteiger partial charge < -0.3 is 15.0 Å². The summed E-state index contributed by atoms with van der Waals surface area (Å²) >= 11 is 0. The lowest BCUT2D eigenvalue weighted by Crippen LogP contribution is -2.44. The van der Waals surface area contributed by atoms with Crippen molar-refractivity contribution in [3.63, 3.8) is 0 Å². The van der Waals surface area contributed by atoms with Crippen molar-refractivity contribution in [1.29, 1.82) is 0 Å².